The quantitative estimate of drug-likeness (QED) is 0.511. The lowest BCUT2D eigenvalue weighted by atomic mass is 9.97. The van der Waals surface area contributed by atoms with E-state index in [1.807, 2.05) is 33.7 Å². The largest absolute Gasteiger partial charge is 0.337 e. The Morgan fingerprint density at radius 1 is 1.17 bits per heavy atom. The van der Waals surface area contributed by atoms with Gasteiger partial charge in [-0.1, -0.05) is 6.07 Å². The van der Waals surface area contributed by atoms with Crippen molar-refractivity contribution in [1.82, 2.24) is 29.0 Å². The van der Waals surface area contributed by atoms with Gasteiger partial charge < -0.3 is 9.88 Å². The van der Waals surface area contributed by atoms with Gasteiger partial charge in [0.2, 0.25) is 0 Å². The number of hydrogen-bond acceptors (Lipinski definition) is 4. The Labute approximate surface area is 176 Å². The number of nitrogens with one attached hydrogen (secondary N) is 1. The molecule has 1 aromatic carbocycles. The molecule has 9 heteroatoms. The van der Waals surface area contributed by atoms with Gasteiger partial charge >= 0.3 is 0 Å². The van der Waals surface area contributed by atoms with Gasteiger partial charge in [-0.25, -0.2) is 4.39 Å². The van der Waals surface area contributed by atoms with Crippen LogP contribution in [0, 0.1) is 10.6 Å². The summed E-state index contributed by atoms with van der Waals surface area (Å²) in [5.74, 6) is 0.507. The number of amides is 1. The maximum absolute atomic E-state index is 13.4. The number of carbonyl (C=O) groups excluding carboxylic acids is 1. The zero-order valence-corrected chi connectivity index (χ0v) is 16.8. The van der Waals surface area contributed by atoms with Crippen molar-refractivity contribution in [2.45, 2.75) is 18.8 Å². The molecule has 1 N–H and O–H groups in total. The number of likely N-dealkylation sites (tertiary alicyclic amines) is 1. The number of carbonyl (C=O) groups is 1. The molecule has 7 nitrogen and oxygen atoms in total. The average molecular weight is 422 g/mol. The van der Waals surface area contributed by atoms with E-state index in [9.17, 15) is 9.18 Å². The summed E-state index contributed by atoms with van der Waals surface area (Å²) in [5.41, 5.74) is 1.87. The number of aromatic amines is 1. The molecule has 3 aromatic heterocycles. The first-order valence-electron chi connectivity index (χ1n) is 9.77. The van der Waals surface area contributed by atoms with Crippen molar-refractivity contribution in [1.29, 1.82) is 0 Å². The zero-order chi connectivity index (χ0) is 20.7. The summed E-state index contributed by atoms with van der Waals surface area (Å²) in [5, 5.41) is 8.62. The Morgan fingerprint density at radius 2 is 2.00 bits per heavy atom. The van der Waals surface area contributed by atoms with Gasteiger partial charge in [0.25, 0.3) is 5.91 Å². The van der Waals surface area contributed by atoms with Crippen LogP contribution >= 0.6 is 12.2 Å². The van der Waals surface area contributed by atoms with E-state index in [2.05, 4.69) is 15.2 Å². The smallest absolute Gasteiger partial charge is 0.272 e. The molecule has 1 aliphatic rings. The highest BCUT2D eigenvalue weighted by atomic mass is 32.1. The van der Waals surface area contributed by atoms with E-state index >= 15 is 0 Å². The predicted molar refractivity (Wildman–Crippen MR) is 112 cm³/mol. The van der Waals surface area contributed by atoms with Crippen LogP contribution in [0.4, 0.5) is 4.39 Å². The summed E-state index contributed by atoms with van der Waals surface area (Å²) < 4.78 is 17.4. The van der Waals surface area contributed by atoms with Crippen molar-refractivity contribution in [2.75, 3.05) is 13.1 Å². The summed E-state index contributed by atoms with van der Waals surface area (Å²) in [4.78, 5) is 18.1. The maximum atomic E-state index is 13.4. The summed E-state index contributed by atoms with van der Waals surface area (Å²) >= 11 is 5.37. The van der Waals surface area contributed by atoms with Gasteiger partial charge in [-0.15, -0.1) is 10.2 Å². The molecule has 5 rings (SSSR count). The van der Waals surface area contributed by atoms with Crippen molar-refractivity contribution >= 4 is 23.8 Å². The van der Waals surface area contributed by atoms with Crippen LogP contribution in [-0.2, 0) is 0 Å². The molecule has 1 aliphatic heterocycles. The summed E-state index contributed by atoms with van der Waals surface area (Å²) in [7, 11) is 0. The van der Waals surface area contributed by atoms with Crippen LogP contribution in [0.1, 0.15) is 35.1 Å². The topological polar surface area (TPSA) is 71.2 Å². The van der Waals surface area contributed by atoms with Crippen LogP contribution in [0.15, 0.2) is 54.9 Å². The third kappa shape index (κ3) is 3.21. The van der Waals surface area contributed by atoms with Crippen molar-refractivity contribution in [2.24, 2.45) is 0 Å². The van der Waals surface area contributed by atoms with Crippen LogP contribution in [-0.4, -0.2) is 48.0 Å². The lowest BCUT2D eigenvalue weighted by molar-refractivity contribution is 0.0696. The van der Waals surface area contributed by atoms with Crippen LogP contribution in [0.2, 0.25) is 0 Å². The molecule has 1 atom stereocenters. The highest BCUT2D eigenvalue weighted by Crippen LogP contribution is 2.27. The first-order chi connectivity index (χ1) is 14.6. The molecule has 4 heterocycles. The second-order valence-electron chi connectivity index (χ2n) is 7.37. The highest BCUT2D eigenvalue weighted by molar-refractivity contribution is 7.71. The van der Waals surface area contributed by atoms with Gasteiger partial charge in [0.15, 0.2) is 10.4 Å². The molecule has 0 aliphatic carbocycles. The van der Waals surface area contributed by atoms with Crippen LogP contribution < -0.4 is 0 Å². The third-order valence-corrected chi connectivity index (χ3v) is 5.79. The van der Waals surface area contributed by atoms with Gasteiger partial charge in [-0.3, -0.25) is 13.8 Å². The maximum Gasteiger partial charge on any atom is 0.272 e. The number of imidazole rings is 1. The minimum atomic E-state index is -0.340. The predicted octanol–water partition coefficient (Wildman–Crippen LogP) is 3.74. The SMILES string of the molecule is O=C(c1c[nH]c(=S)n1-c1ccc(F)cc1)N1CCC[C@@H](c2nnc3ccccn23)C1. The average Bonchev–Trinajstić information content (AvgIpc) is 3.38. The Kier molecular flexibility index (Phi) is 4.66. The number of hydrogen-bond donors (Lipinski definition) is 1. The fraction of sp³-hybridized carbons (Fsp3) is 0.238. The van der Waals surface area contributed by atoms with Gasteiger partial charge in [0, 0.05) is 37.1 Å². The number of H-pyrrole nitrogens is 1. The lowest BCUT2D eigenvalue weighted by Crippen LogP contribution is -2.40. The van der Waals surface area contributed by atoms with E-state index in [1.165, 1.54) is 12.1 Å². The van der Waals surface area contributed by atoms with Crippen molar-refractivity contribution in [3.8, 4) is 5.69 Å². The Hall–Kier alpha value is -3.33. The van der Waals surface area contributed by atoms with Gasteiger partial charge in [-0.05, 0) is 61.5 Å². The van der Waals surface area contributed by atoms with E-state index in [0.29, 0.717) is 29.2 Å². The van der Waals surface area contributed by atoms with Crippen molar-refractivity contribution in [3.05, 3.63) is 77.0 Å². The lowest BCUT2D eigenvalue weighted by Gasteiger charge is -2.32. The van der Waals surface area contributed by atoms with Crippen molar-refractivity contribution < 1.29 is 9.18 Å². The van der Waals surface area contributed by atoms with Gasteiger partial charge in [0.1, 0.15) is 17.3 Å². The Balaban J connectivity index is 1.45. The van der Waals surface area contributed by atoms with Gasteiger partial charge in [-0.2, -0.15) is 0 Å². The number of fused-ring (bicyclic) bond motifs is 1. The zero-order valence-electron chi connectivity index (χ0n) is 16.0. The number of rotatable bonds is 3. The first kappa shape index (κ1) is 18.7. The fourth-order valence-electron chi connectivity index (χ4n) is 4.05. The molecular weight excluding hydrogens is 403 g/mol. The molecular formula is C21H19FN6OS. The summed E-state index contributed by atoms with van der Waals surface area (Å²) in [6, 6.07) is 11.7. The summed E-state index contributed by atoms with van der Waals surface area (Å²) in [6.45, 7) is 1.21. The molecule has 1 amide bonds. The molecule has 0 bridgehead atoms. The minimum absolute atomic E-state index is 0.0984. The molecule has 0 spiro atoms. The standard InChI is InChI=1S/C21H19FN6OS/c22-15-6-8-16(9-7-15)28-17(12-23-21(28)30)20(29)26-10-3-4-14(13-26)19-25-24-18-5-1-2-11-27(18)19/h1-2,5-9,11-12,14H,3-4,10,13H2,(H,23,30)/t14-/m1/s1. The second kappa shape index (κ2) is 7.49. The normalized spacial score (nSPS) is 16.8. The number of halogens is 1. The second-order valence-corrected chi connectivity index (χ2v) is 7.75. The van der Waals surface area contributed by atoms with Crippen LogP contribution in [0.3, 0.4) is 0 Å². The van der Waals surface area contributed by atoms with E-state index in [1.54, 1.807) is 22.9 Å². The molecule has 4 aromatic rings. The molecule has 1 fully saturated rings. The van der Waals surface area contributed by atoms with E-state index in [4.69, 9.17) is 12.2 Å². The highest BCUT2D eigenvalue weighted by Gasteiger charge is 2.30. The summed E-state index contributed by atoms with van der Waals surface area (Å²) in [6.07, 6.45) is 5.38. The van der Waals surface area contributed by atoms with Crippen LogP contribution in [0.5, 0.6) is 0 Å². The number of pyridine rings is 1. The molecule has 0 saturated carbocycles. The number of nitrogens with zero attached hydrogens (tertiary/aromatic N) is 5. The molecule has 152 valence electrons. The minimum Gasteiger partial charge on any atom is -0.337 e. The molecule has 30 heavy (non-hydrogen) atoms. The van der Waals surface area contributed by atoms with E-state index in [-0.39, 0.29) is 17.6 Å². The Morgan fingerprint density at radius 3 is 2.83 bits per heavy atom. The fourth-order valence-corrected chi connectivity index (χ4v) is 4.31. The third-order valence-electron chi connectivity index (χ3n) is 5.49. The molecule has 0 unspecified atom stereocenters. The van der Waals surface area contributed by atoms with Gasteiger partial charge in [0.05, 0.1) is 0 Å². The van der Waals surface area contributed by atoms with E-state index in [0.717, 1.165) is 24.3 Å². The number of piperidine rings is 1. The van der Waals surface area contributed by atoms with E-state index < -0.39 is 0 Å². The monoisotopic (exact) mass is 422 g/mol. The molecule has 0 radical (unpaired) electrons. The number of aromatic nitrogens is 5. The number of benzene rings is 1. The first-order valence-corrected chi connectivity index (χ1v) is 10.2. The Bertz CT molecular complexity index is 1270. The van der Waals surface area contributed by atoms with Crippen molar-refractivity contribution in [3.63, 3.8) is 0 Å². The molecule has 1 saturated heterocycles. The van der Waals surface area contributed by atoms with Crippen LogP contribution in [0.25, 0.3) is 11.3 Å².